The van der Waals surface area contributed by atoms with E-state index in [9.17, 15) is 4.79 Å². The van der Waals surface area contributed by atoms with E-state index in [1.165, 1.54) is 31.2 Å². The molecule has 4 rings (SSSR count). The molecule has 4 nitrogen and oxygen atoms in total. The Morgan fingerprint density at radius 2 is 2.05 bits per heavy atom. The van der Waals surface area contributed by atoms with E-state index in [-0.39, 0.29) is 11.6 Å². The summed E-state index contributed by atoms with van der Waals surface area (Å²) in [5, 5.41) is 3.10. The first kappa shape index (κ1) is 13.0. The molecule has 0 radical (unpaired) electrons. The molecule has 2 amide bonds. The number of amides is 2. The van der Waals surface area contributed by atoms with Crippen molar-refractivity contribution in [1.29, 1.82) is 0 Å². The van der Waals surface area contributed by atoms with Crippen molar-refractivity contribution in [1.82, 2.24) is 4.90 Å². The molecule has 0 aromatic heterocycles. The molecule has 1 saturated heterocycles. The minimum Gasteiger partial charge on any atom is -0.491 e. The quantitative estimate of drug-likeness (QED) is 0.857. The van der Waals surface area contributed by atoms with E-state index in [1.807, 2.05) is 12.1 Å². The van der Waals surface area contributed by atoms with Crippen LogP contribution in [0.5, 0.6) is 5.75 Å². The van der Waals surface area contributed by atoms with Crippen LogP contribution in [-0.4, -0.2) is 29.6 Å². The summed E-state index contributed by atoms with van der Waals surface area (Å²) in [6, 6.07) is 6.10. The SMILES string of the molecule is O=C(Nc1cccc2c1OCCC2)N1CCCC12CCC2. The van der Waals surface area contributed by atoms with E-state index in [2.05, 4.69) is 16.3 Å². The summed E-state index contributed by atoms with van der Waals surface area (Å²) >= 11 is 0. The average molecular weight is 286 g/mol. The Balaban J connectivity index is 1.55. The first-order valence-electron chi connectivity index (χ1n) is 8.12. The maximum absolute atomic E-state index is 12.7. The van der Waals surface area contributed by atoms with Gasteiger partial charge in [0.05, 0.1) is 12.3 Å². The van der Waals surface area contributed by atoms with Crippen LogP contribution in [0.25, 0.3) is 0 Å². The van der Waals surface area contributed by atoms with Gasteiger partial charge in [0, 0.05) is 12.1 Å². The number of fused-ring (bicyclic) bond motifs is 1. The highest BCUT2D eigenvalue weighted by Gasteiger charge is 2.47. The van der Waals surface area contributed by atoms with E-state index in [0.29, 0.717) is 0 Å². The predicted octanol–water partition coefficient (Wildman–Crippen LogP) is 3.56. The van der Waals surface area contributed by atoms with Gasteiger partial charge in [-0.05, 0) is 56.6 Å². The maximum atomic E-state index is 12.7. The fourth-order valence-corrected chi connectivity index (χ4v) is 4.03. The van der Waals surface area contributed by atoms with Crippen molar-refractivity contribution in [2.24, 2.45) is 0 Å². The van der Waals surface area contributed by atoms with E-state index in [4.69, 9.17) is 4.74 Å². The molecule has 2 heterocycles. The lowest BCUT2D eigenvalue weighted by Crippen LogP contribution is -2.53. The Bertz CT molecular complexity index is 566. The third-order valence-corrected chi connectivity index (χ3v) is 5.30. The second kappa shape index (κ2) is 4.93. The average Bonchev–Trinajstić information content (AvgIpc) is 2.93. The van der Waals surface area contributed by atoms with Gasteiger partial charge in [-0.15, -0.1) is 0 Å². The second-order valence-electron chi connectivity index (χ2n) is 6.51. The molecule has 1 aliphatic carbocycles. The topological polar surface area (TPSA) is 41.6 Å². The van der Waals surface area contributed by atoms with Crippen LogP contribution < -0.4 is 10.1 Å². The number of para-hydroxylation sites is 1. The number of hydrogen-bond donors (Lipinski definition) is 1. The van der Waals surface area contributed by atoms with Gasteiger partial charge < -0.3 is 15.0 Å². The van der Waals surface area contributed by atoms with Crippen molar-refractivity contribution in [2.45, 2.75) is 50.5 Å². The number of rotatable bonds is 1. The molecule has 0 bridgehead atoms. The van der Waals surface area contributed by atoms with Crippen LogP contribution in [0.4, 0.5) is 10.5 Å². The van der Waals surface area contributed by atoms with Crippen LogP contribution in [0.1, 0.15) is 44.1 Å². The zero-order valence-corrected chi connectivity index (χ0v) is 12.4. The highest BCUT2D eigenvalue weighted by atomic mass is 16.5. The van der Waals surface area contributed by atoms with E-state index in [1.54, 1.807) is 0 Å². The lowest BCUT2D eigenvalue weighted by molar-refractivity contribution is 0.0881. The molecule has 1 spiro atoms. The van der Waals surface area contributed by atoms with E-state index >= 15 is 0 Å². The zero-order chi connectivity index (χ0) is 14.3. The molecule has 2 aliphatic heterocycles. The summed E-state index contributed by atoms with van der Waals surface area (Å²) in [6.07, 6.45) is 7.99. The van der Waals surface area contributed by atoms with E-state index < -0.39 is 0 Å². The second-order valence-corrected chi connectivity index (χ2v) is 6.51. The number of carbonyl (C=O) groups is 1. The first-order valence-corrected chi connectivity index (χ1v) is 8.12. The van der Waals surface area contributed by atoms with E-state index in [0.717, 1.165) is 43.9 Å². The molecule has 1 N–H and O–H groups in total. The third-order valence-electron chi connectivity index (χ3n) is 5.30. The van der Waals surface area contributed by atoms with Crippen molar-refractivity contribution < 1.29 is 9.53 Å². The zero-order valence-electron chi connectivity index (χ0n) is 12.4. The van der Waals surface area contributed by atoms with Gasteiger partial charge in [-0.1, -0.05) is 12.1 Å². The Hall–Kier alpha value is -1.71. The number of nitrogens with one attached hydrogen (secondary N) is 1. The van der Waals surface area contributed by atoms with Crippen molar-refractivity contribution in [3.63, 3.8) is 0 Å². The fourth-order valence-electron chi connectivity index (χ4n) is 4.03. The van der Waals surface area contributed by atoms with Gasteiger partial charge in [0.15, 0.2) is 0 Å². The van der Waals surface area contributed by atoms with Crippen molar-refractivity contribution in [2.75, 3.05) is 18.5 Å². The summed E-state index contributed by atoms with van der Waals surface area (Å²) in [5.74, 6) is 0.874. The van der Waals surface area contributed by atoms with Gasteiger partial charge in [0.1, 0.15) is 5.75 Å². The molecule has 1 saturated carbocycles. The van der Waals surface area contributed by atoms with Crippen LogP contribution in [0, 0.1) is 0 Å². The third kappa shape index (κ3) is 2.08. The van der Waals surface area contributed by atoms with Crippen LogP contribution >= 0.6 is 0 Å². The molecule has 1 aromatic rings. The minimum absolute atomic E-state index is 0.0507. The summed E-state index contributed by atoms with van der Waals surface area (Å²) in [4.78, 5) is 14.7. The number of urea groups is 1. The predicted molar refractivity (Wildman–Crippen MR) is 81.8 cm³/mol. The van der Waals surface area contributed by atoms with Gasteiger partial charge in [-0.2, -0.15) is 0 Å². The van der Waals surface area contributed by atoms with Crippen LogP contribution in [-0.2, 0) is 6.42 Å². The lowest BCUT2D eigenvalue weighted by Gasteiger charge is -2.45. The van der Waals surface area contributed by atoms with Crippen molar-refractivity contribution in [3.8, 4) is 5.75 Å². The number of anilines is 1. The molecule has 1 aromatic carbocycles. The standard InChI is InChI=1S/C17H22N2O2/c20-16(19-11-4-10-17(19)8-3-9-17)18-14-7-1-5-13-6-2-12-21-15(13)14/h1,5,7H,2-4,6,8-12H2,(H,18,20). The molecule has 2 fully saturated rings. The van der Waals surface area contributed by atoms with Gasteiger partial charge >= 0.3 is 6.03 Å². The molecular formula is C17H22N2O2. The van der Waals surface area contributed by atoms with Crippen molar-refractivity contribution in [3.05, 3.63) is 23.8 Å². The van der Waals surface area contributed by atoms with Gasteiger partial charge in [-0.3, -0.25) is 0 Å². The Morgan fingerprint density at radius 3 is 2.86 bits per heavy atom. The normalized spacial score (nSPS) is 22.4. The fraction of sp³-hybridized carbons (Fsp3) is 0.588. The summed E-state index contributed by atoms with van der Waals surface area (Å²) in [5.41, 5.74) is 2.21. The monoisotopic (exact) mass is 286 g/mol. The van der Waals surface area contributed by atoms with Gasteiger partial charge in [0.2, 0.25) is 0 Å². The number of likely N-dealkylation sites (tertiary alicyclic amines) is 1. The molecule has 21 heavy (non-hydrogen) atoms. The smallest absolute Gasteiger partial charge is 0.322 e. The van der Waals surface area contributed by atoms with Crippen LogP contribution in [0.3, 0.4) is 0 Å². The Morgan fingerprint density at radius 1 is 1.19 bits per heavy atom. The number of nitrogens with zero attached hydrogens (tertiary/aromatic N) is 1. The number of carbonyl (C=O) groups excluding carboxylic acids is 1. The Kier molecular flexibility index (Phi) is 3.05. The summed E-state index contributed by atoms with van der Waals surface area (Å²) in [7, 11) is 0. The molecule has 4 heteroatoms. The number of ether oxygens (including phenoxy) is 1. The number of aryl methyl sites for hydroxylation is 1. The molecule has 0 unspecified atom stereocenters. The van der Waals surface area contributed by atoms with Crippen LogP contribution in [0.2, 0.25) is 0 Å². The first-order chi connectivity index (χ1) is 10.3. The van der Waals surface area contributed by atoms with Gasteiger partial charge in [-0.25, -0.2) is 4.79 Å². The number of benzene rings is 1. The largest absolute Gasteiger partial charge is 0.491 e. The van der Waals surface area contributed by atoms with Gasteiger partial charge in [0.25, 0.3) is 0 Å². The lowest BCUT2D eigenvalue weighted by atomic mass is 9.75. The maximum Gasteiger partial charge on any atom is 0.322 e. The van der Waals surface area contributed by atoms with Crippen molar-refractivity contribution >= 4 is 11.7 Å². The minimum atomic E-state index is 0.0507. The summed E-state index contributed by atoms with van der Waals surface area (Å²) in [6.45, 7) is 1.63. The highest BCUT2D eigenvalue weighted by molar-refractivity contribution is 5.92. The molecule has 112 valence electrons. The number of hydrogen-bond acceptors (Lipinski definition) is 2. The molecule has 0 atom stereocenters. The van der Waals surface area contributed by atoms with Crippen LogP contribution in [0.15, 0.2) is 18.2 Å². The molecule has 3 aliphatic rings. The highest BCUT2D eigenvalue weighted by Crippen LogP contribution is 2.45. The molecular weight excluding hydrogens is 264 g/mol. The summed E-state index contributed by atoms with van der Waals surface area (Å²) < 4.78 is 5.78. The Labute approximate surface area is 125 Å².